The van der Waals surface area contributed by atoms with Crippen LogP contribution in [-0.2, 0) is 4.79 Å². The number of benzene rings is 2. The highest BCUT2D eigenvalue weighted by molar-refractivity contribution is 6.30. The molecule has 14 heteroatoms. The van der Waals surface area contributed by atoms with Gasteiger partial charge in [-0.2, -0.15) is 23.1 Å². The normalized spacial score (nSPS) is 18.9. The second-order valence-corrected chi connectivity index (χ2v) is 11.2. The van der Waals surface area contributed by atoms with Gasteiger partial charge in [-0.3, -0.25) is 4.79 Å². The predicted molar refractivity (Wildman–Crippen MR) is 152 cm³/mol. The fourth-order valence-electron chi connectivity index (χ4n) is 5.71. The number of aromatic nitrogens is 2. The van der Waals surface area contributed by atoms with Crippen molar-refractivity contribution in [1.29, 1.82) is 0 Å². The van der Waals surface area contributed by atoms with Gasteiger partial charge in [-0.25, -0.2) is 4.39 Å². The van der Waals surface area contributed by atoms with Gasteiger partial charge in [-0.05, 0) is 67.0 Å². The number of nitrogens with two attached hydrogens (primary N) is 1. The van der Waals surface area contributed by atoms with E-state index in [-0.39, 0.29) is 51.3 Å². The summed E-state index contributed by atoms with van der Waals surface area (Å²) in [5.41, 5.74) is 5.78. The Morgan fingerprint density at radius 3 is 2.60 bits per heavy atom. The zero-order valence-corrected chi connectivity index (χ0v) is 23.9. The maximum Gasteiger partial charge on any atom is 0.429 e. The number of rotatable bonds is 8. The molecule has 9 nitrogen and oxygen atoms in total. The number of halogens is 5. The summed E-state index contributed by atoms with van der Waals surface area (Å²) in [5.74, 6) is -2.00. The number of aliphatic carboxylic acids is 1. The number of nitrogens with one attached hydrogen (secondary N) is 1. The number of carboxylic acids is 1. The first kappa shape index (κ1) is 30.6. The van der Waals surface area contributed by atoms with Gasteiger partial charge in [0.05, 0.1) is 6.61 Å². The second-order valence-electron chi connectivity index (χ2n) is 10.7. The minimum atomic E-state index is -4.89. The first-order valence-electron chi connectivity index (χ1n) is 13.7. The van der Waals surface area contributed by atoms with E-state index >= 15 is 0 Å². The van der Waals surface area contributed by atoms with Gasteiger partial charge in [0.1, 0.15) is 11.9 Å². The highest BCUT2D eigenvalue weighted by Crippen LogP contribution is 2.44. The fourth-order valence-corrected chi connectivity index (χ4v) is 5.88. The van der Waals surface area contributed by atoms with E-state index in [0.717, 1.165) is 6.07 Å². The quantitative estimate of drug-likeness (QED) is 0.274. The number of carboxylic acid groups (broad SMARTS) is 1. The summed E-state index contributed by atoms with van der Waals surface area (Å²) in [6.45, 7) is 3.40. The molecule has 0 aliphatic carbocycles. The lowest BCUT2D eigenvalue weighted by Gasteiger charge is -2.39. The number of piperidine rings is 1. The third-order valence-electron chi connectivity index (χ3n) is 7.89. The number of nitrogen functional groups attached to an aromatic ring is 1. The Labute approximate surface area is 250 Å². The number of hydrogen-bond acceptors (Lipinski definition) is 8. The molecule has 2 atom stereocenters. The Morgan fingerprint density at radius 2 is 1.95 bits per heavy atom. The fraction of sp³-hybridized carbons (Fsp3) is 0.414. The average Bonchev–Trinajstić information content (AvgIpc) is 3.36. The van der Waals surface area contributed by atoms with Crippen molar-refractivity contribution in [3.05, 3.63) is 58.9 Å². The molecule has 2 saturated heterocycles. The molecule has 2 aromatic carbocycles. The van der Waals surface area contributed by atoms with Crippen LogP contribution in [0.5, 0.6) is 11.6 Å². The highest BCUT2D eigenvalue weighted by atomic mass is 35.5. The van der Waals surface area contributed by atoms with Crippen molar-refractivity contribution >= 4 is 29.3 Å². The van der Waals surface area contributed by atoms with Crippen LogP contribution in [-0.4, -0.2) is 59.5 Å². The van der Waals surface area contributed by atoms with Crippen LogP contribution in [0.2, 0.25) is 5.02 Å². The van der Waals surface area contributed by atoms with E-state index in [2.05, 4.69) is 15.3 Å². The molecule has 0 saturated carbocycles. The van der Waals surface area contributed by atoms with E-state index in [4.69, 9.17) is 26.8 Å². The molecule has 1 spiro atoms. The van der Waals surface area contributed by atoms with Crippen LogP contribution in [0.25, 0.3) is 11.1 Å². The van der Waals surface area contributed by atoms with E-state index in [0.29, 0.717) is 44.7 Å². The third kappa shape index (κ3) is 6.72. The van der Waals surface area contributed by atoms with Crippen molar-refractivity contribution in [1.82, 2.24) is 15.3 Å². The summed E-state index contributed by atoms with van der Waals surface area (Å²) in [6, 6.07) is 8.32. The Balaban J connectivity index is 1.43. The molecular formula is C29H30ClF4N5O4. The third-order valence-corrected chi connectivity index (χ3v) is 8.12. The molecule has 3 aromatic rings. The van der Waals surface area contributed by atoms with Gasteiger partial charge in [0, 0.05) is 36.3 Å². The number of nitrogens with zero attached hydrogens (tertiary/aromatic N) is 3. The van der Waals surface area contributed by atoms with Gasteiger partial charge in [0.2, 0.25) is 17.9 Å². The molecular weight excluding hydrogens is 594 g/mol. The van der Waals surface area contributed by atoms with Gasteiger partial charge in [-0.15, -0.1) is 0 Å². The predicted octanol–water partition coefficient (Wildman–Crippen LogP) is 5.63. The smallest absolute Gasteiger partial charge is 0.429 e. The molecule has 2 aliphatic heterocycles. The Kier molecular flexibility index (Phi) is 8.57. The van der Waals surface area contributed by atoms with Crippen LogP contribution < -0.4 is 25.4 Å². The van der Waals surface area contributed by atoms with E-state index < -0.39 is 30.1 Å². The molecule has 1 aromatic heterocycles. The van der Waals surface area contributed by atoms with Crippen LogP contribution in [0.4, 0.5) is 29.3 Å². The Hall–Kier alpha value is -3.84. The SMILES string of the molecule is CCOc1cc(-c2cc(Cl)ccc2[C@@H](Oc2cc(N3CCC4(CC3)CN[C@H](C(=O)O)C4)nc(N)n2)C(F)(F)F)ccc1F. The molecule has 4 N–H and O–H groups in total. The van der Waals surface area contributed by atoms with Crippen molar-refractivity contribution < 1.29 is 36.9 Å². The van der Waals surface area contributed by atoms with Gasteiger partial charge in [0.25, 0.3) is 0 Å². The van der Waals surface area contributed by atoms with Gasteiger partial charge in [-0.1, -0.05) is 23.7 Å². The highest BCUT2D eigenvalue weighted by Gasteiger charge is 2.46. The van der Waals surface area contributed by atoms with Crippen LogP contribution in [0.3, 0.4) is 0 Å². The number of anilines is 2. The van der Waals surface area contributed by atoms with Crippen molar-refractivity contribution in [3.8, 4) is 22.8 Å². The minimum absolute atomic E-state index is 0.0733. The van der Waals surface area contributed by atoms with Crippen molar-refractivity contribution in [3.63, 3.8) is 0 Å². The summed E-state index contributed by atoms with van der Waals surface area (Å²) in [6.07, 6.45) is -5.52. The number of alkyl halides is 3. The van der Waals surface area contributed by atoms with E-state index in [1.54, 1.807) is 6.92 Å². The lowest BCUT2D eigenvalue weighted by molar-refractivity contribution is -0.198. The van der Waals surface area contributed by atoms with E-state index in [1.165, 1.54) is 36.4 Å². The molecule has 2 fully saturated rings. The van der Waals surface area contributed by atoms with Crippen molar-refractivity contribution in [2.75, 3.05) is 36.9 Å². The first-order valence-corrected chi connectivity index (χ1v) is 14.1. The number of ether oxygens (including phenoxy) is 2. The Bertz CT molecular complexity index is 1500. The molecule has 3 heterocycles. The van der Waals surface area contributed by atoms with Gasteiger partial charge in [0.15, 0.2) is 11.6 Å². The summed E-state index contributed by atoms with van der Waals surface area (Å²) >= 11 is 6.17. The second kappa shape index (κ2) is 12.0. The number of carbonyl (C=O) groups is 1. The summed E-state index contributed by atoms with van der Waals surface area (Å²) in [7, 11) is 0. The molecule has 230 valence electrons. The lowest BCUT2D eigenvalue weighted by Crippen LogP contribution is -2.41. The van der Waals surface area contributed by atoms with Crippen molar-refractivity contribution in [2.45, 2.75) is 44.5 Å². The standard InChI is InChI=1S/C29H30ClF4N5O4/c1-2-42-22-11-16(3-6-20(22)31)19-12-17(30)4-5-18(19)25(29(32,33)34)43-24-13-23(37-27(35)38-24)39-9-7-28(8-10-39)14-21(26(40)41)36-15-28/h3-6,11-13,21,25,36H,2,7-10,14-15H2,1H3,(H,40,41)(H2,35,37,38)/t21-,25+/m0/s1. The number of hydrogen-bond donors (Lipinski definition) is 3. The summed E-state index contributed by atoms with van der Waals surface area (Å²) in [5, 5.41) is 12.6. The van der Waals surface area contributed by atoms with Crippen LogP contribution in [0.15, 0.2) is 42.5 Å². The molecule has 0 unspecified atom stereocenters. The maximum absolute atomic E-state index is 14.6. The van der Waals surface area contributed by atoms with Gasteiger partial charge >= 0.3 is 12.1 Å². The Morgan fingerprint density at radius 1 is 1.21 bits per heavy atom. The molecule has 0 bridgehead atoms. The summed E-state index contributed by atoms with van der Waals surface area (Å²) in [4.78, 5) is 21.4. The van der Waals surface area contributed by atoms with Crippen LogP contribution in [0.1, 0.15) is 37.9 Å². The van der Waals surface area contributed by atoms with E-state index in [9.17, 15) is 27.5 Å². The monoisotopic (exact) mass is 623 g/mol. The topological polar surface area (TPSA) is 123 Å². The molecule has 0 amide bonds. The van der Waals surface area contributed by atoms with Crippen LogP contribution >= 0.6 is 11.6 Å². The average molecular weight is 624 g/mol. The molecule has 0 radical (unpaired) electrons. The first-order chi connectivity index (χ1) is 20.4. The lowest BCUT2D eigenvalue weighted by atomic mass is 9.76. The molecule has 2 aliphatic rings. The largest absolute Gasteiger partial charge is 0.491 e. The van der Waals surface area contributed by atoms with Gasteiger partial charge < -0.3 is 30.5 Å². The van der Waals surface area contributed by atoms with Crippen molar-refractivity contribution in [2.24, 2.45) is 5.41 Å². The maximum atomic E-state index is 14.6. The van der Waals surface area contributed by atoms with Crippen LogP contribution in [0, 0.1) is 11.2 Å². The molecule has 43 heavy (non-hydrogen) atoms. The minimum Gasteiger partial charge on any atom is -0.491 e. The zero-order valence-electron chi connectivity index (χ0n) is 23.1. The zero-order chi connectivity index (χ0) is 30.9. The summed E-state index contributed by atoms with van der Waals surface area (Å²) < 4.78 is 68.8. The molecule has 5 rings (SSSR count). The van der Waals surface area contributed by atoms with E-state index in [1.807, 2.05) is 4.90 Å².